The third kappa shape index (κ3) is 7.52. The van der Waals surface area contributed by atoms with Crippen LogP contribution in [0.5, 0.6) is 0 Å². The van der Waals surface area contributed by atoms with Crippen molar-refractivity contribution in [2.75, 3.05) is 20.1 Å². The Morgan fingerprint density at radius 3 is 2.27 bits per heavy atom. The maximum Gasteiger partial charge on any atom is 0.102 e. The third-order valence-electron chi connectivity index (χ3n) is 2.90. The molecule has 0 aliphatic heterocycles. The lowest BCUT2D eigenvalue weighted by Crippen LogP contribution is -2.29. The molecule has 0 unspecified atom stereocenters. The van der Waals surface area contributed by atoms with E-state index in [0.717, 1.165) is 29.4 Å². The van der Waals surface area contributed by atoms with Crippen LogP contribution in [0.3, 0.4) is 0 Å². The molecule has 124 valence electrons. The third-order valence-corrected chi connectivity index (χ3v) is 4.02. The molecule has 0 saturated carbocycles. The fourth-order valence-corrected chi connectivity index (χ4v) is 3.48. The maximum absolute atomic E-state index is 5.97. The Hall–Kier alpha value is -0.710. The van der Waals surface area contributed by atoms with Gasteiger partial charge in [-0.2, -0.15) is 0 Å². The number of aliphatic imine (C=N–C) groups is 1. The number of halogens is 1. The van der Waals surface area contributed by atoms with Crippen molar-refractivity contribution in [3.05, 3.63) is 28.8 Å². The van der Waals surface area contributed by atoms with E-state index in [1.165, 1.54) is 0 Å². The Kier molecular flexibility index (Phi) is 8.29. The number of aryl methyl sites for hydroxylation is 1. The van der Waals surface area contributed by atoms with Crippen LogP contribution in [0, 0.1) is 18.8 Å². The van der Waals surface area contributed by atoms with Gasteiger partial charge in [0.05, 0.1) is 5.69 Å². The predicted octanol–water partition coefficient (Wildman–Crippen LogP) is 5.42. The van der Waals surface area contributed by atoms with E-state index in [0.29, 0.717) is 11.8 Å². The molecule has 1 aromatic rings. The van der Waals surface area contributed by atoms with Crippen LogP contribution in [0.2, 0.25) is 5.02 Å². The Morgan fingerprint density at radius 2 is 1.77 bits per heavy atom. The van der Waals surface area contributed by atoms with Gasteiger partial charge in [0, 0.05) is 37.3 Å². The Balaban J connectivity index is 2.65. The molecule has 0 N–H and O–H groups in total. The summed E-state index contributed by atoms with van der Waals surface area (Å²) >= 11 is 7.69. The fourth-order valence-electron chi connectivity index (χ4n) is 2.07. The van der Waals surface area contributed by atoms with Gasteiger partial charge in [0.1, 0.15) is 6.34 Å². The normalized spacial score (nSPS) is 12.1. The summed E-state index contributed by atoms with van der Waals surface area (Å²) < 4.78 is 4.45. The highest BCUT2D eigenvalue weighted by Gasteiger charge is 2.12. The zero-order chi connectivity index (χ0) is 16.7. The van der Waals surface area contributed by atoms with Crippen molar-refractivity contribution in [1.82, 2.24) is 8.61 Å². The topological polar surface area (TPSA) is 18.8 Å². The Morgan fingerprint density at radius 1 is 1.18 bits per heavy atom. The van der Waals surface area contributed by atoms with Crippen LogP contribution < -0.4 is 0 Å². The van der Waals surface area contributed by atoms with Gasteiger partial charge in [0.15, 0.2) is 0 Å². The van der Waals surface area contributed by atoms with E-state index >= 15 is 0 Å². The molecule has 0 amide bonds. The SMILES string of the molecule is Cc1cc(Cl)ccc1N=CN(C)SN(CC(C)C)CC(C)C. The molecule has 1 aromatic carbocycles. The minimum absolute atomic E-state index is 0.648. The van der Waals surface area contributed by atoms with Crippen LogP contribution in [0.25, 0.3) is 0 Å². The smallest absolute Gasteiger partial charge is 0.102 e. The van der Waals surface area contributed by atoms with Gasteiger partial charge in [-0.05, 0) is 42.5 Å². The Labute approximate surface area is 145 Å². The van der Waals surface area contributed by atoms with E-state index in [1.807, 2.05) is 38.5 Å². The van der Waals surface area contributed by atoms with Gasteiger partial charge in [-0.25, -0.2) is 9.30 Å². The van der Waals surface area contributed by atoms with E-state index in [-0.39, 0.29) is 0 Å². The molecule has 5 heteroatoms. The average molecular weight is 342 g/mol. The predicted molar refractivity (Wildman–Crippen MR) is 101 cm³/mol. The van der Waals surface area contributed by atoms with Crippen LogP contribution in [0.15, 0.2) is 23.2 Å². The molecule has 1 rings (SSSR count). The quantitative estimate of drug-likeness (QED) is 0.357. The molecular weight excluding hydrogens is 314 g/mol. The van der Waals surface area contributed by atoms with Gasteiger partial charge < -0.3 is 0 Å². The van der Waals surface area contributed by atoms with Gasteiger partial charge in [0.2, 0.25) is 0 Å². The minimum atomic E-state index is 0.648. The molecule has 0 spiro atoms. The molecule has 0 radical (unpaired) electrons. The molecular formula is C17H28ClN3S. The number of benzene rings is 1. The largest absolute Gasteiger partial charge is 0.297 e. The highest BCUT2D eigenvalue weighted by Crippen LogP contribution is 2.23. The minimum Gasteiger partial charge on any atom is -0.297 e. The summed E-state index contributed by atoms with van der Waals surface area (Å²) in [5.74, 6) is 1.30. The van der Waals surface area contributed by atoms with Crippen molar-refractivity contribution in [3.8, 4) is 0 Å². The summed E-state index contributed by atoms with van der Waals surface area (Å²) in [6.07, 6.45) is 1.87. The molecule has 0 fully saturated rings. The van der Waals surface area contributed by atoms with Gasteiger partial charge in [-0.15, -0.1) is 0 Å². The van der Waals surface area contributed by atoms with Crippen molar-refractivity contribution in [2.24, 2.45) is 16.8 Å². The van der Waals surface area contributed by atoms with E-state index in [4.69, 9.17) is 11.6 Å². The fraction of sp³-hybridized carbons (Fsp3) is 0.588. The number of hydrogen-bond donors (Lipinski definition) is 0. The first-order valence-electron chi connectivity index (χ1n) is 7.74. The molecule has 0 atom stereocenters. The van der Waals surface area contributed by atoms with E-state index < -0.39 is 0 Å². The van der Waals surface area contributed by atoms with Crippen molar-refractivity contribution in [2.45, 2.75) is 34.6 Å². The lowest BCUT2D eigenvalue weighted by molar-refractivity contribution is 0.359. The lowest BCUT2D eigenvalue weighted by Gasteiger charge is -2.27. The zero-order valence-electron chi connectivity index (χ0n) is 14.5. The summed E-state index contributed by atoms with van der Waals surface area (Å²) in [6, 6.07) is 5.76. The van der Waals surface area contributed by atoms with Crippen LogP contribution in [0.4, 0.5) is 5.69 Å². The highest BCUT2D eigenvalue weighted by molar-refractivity contribution is 7.95. The highest BCUT2D eigenvalue weighted by atomic mass is 35.5. The van der Waals surface area contributed by atoms with Gasteiger partial charge >= 0.3 is 0 Å². The molecule has 0 saturated heterocycles. The first kappa shape index (κ1) is 19.3. The van der Waals surface area contributed by atoms with Gasteiger partial charge in [0.25, 0.3) is 0 Å². The summed E-state index contributed by atoms with van der Waals surface area (Å²) in [4.78, 5) is 4.55. The second-order valence-corrected chi connectivity index (χ2v) is 8.13. The molecule has 0 aromatic heterocycles. The number of rotatable bonds is 8. The Bertz CT molecular complexity index is 479. The van der Waals surface area contributed by atoms with Crippen molar-refractivity contribution < 1.29 is 0 Å². The first-order valence-corrected chi connectivity index (χ1v) is 8.85. The van der Waals surface area contributed by atoms with Crippen molar-refractivity contribution in [3.63, 3.8) is 0 Å². The molecule has 0 bridgehead atoms. The lowest BCUT2D eigenvalue weighted by atomic mass is 10.2. The van der Waals surface area contributed by atoms with Crippen LogP contribution in [-0.4, -0.2) is 35.1 Å². The number of hydrogen-bond acceptors (Lipinski definition) is 3. The second kappa shape index (κ2) is 9.43. The van der Waals surface area contributed by atoms with Crippen molar-refractivity contribution in [1.29, 1.82) is 0 Å². The van der Waals surface area contributed by atoms with Crippen LogP contribution in [0.1, 0.15) is 33.3 Å². The second-order valence-electron chi connectivity index (χ2n) is 6.44. The van der Waals surface area contributed by atoms with Crippen molar-refractivity contribution >= 4 is 35.8 Å². The van der Waals surface area contributed by atoms with Gasteiger partial charge in [-0.3, -0.25) is 4.31 Å². The molecule has 0 aliphatic rings. The average Bonchev–Trinajstić information content (AvgIpc) is 2.35. The summed E-state index contributed by atoms with van der Waals surface area (Å²) in [5.41, 5.74) is 2.04. The number of nitrogens with zero attached hydrogens (tertiary/aromatic N) is 3. The maximum atomic E-state index is 5.97. The monoisotopic (exact) mass is 341 g/mol. The summed E-state index contributed by atoms with van der Waals surface area (Å²) in [7, 11) is 2.03. The summed E-state index contributed by atoms with van der Waals surface area (Å²) in [5, 5.41) is 0.749. The van der Waals surface area contributed by atoms with E-state index in [1.54, 1.807) is 12.1 Å². The van der Waals surface area contributed by atoms with Crippen LogP contribution in [-0.2, 0) is 0 Å². The van der Waals surface area contributed by atoms with E-state index in [9.17, 15) is 0 Å². The molecule has 0 aliphatic carbocycles. The first-order chi connectivity index (χ1) is 10.3. The molecule has 0 heterocycles. The zero-order valence-corrected chi connectivity index (χ0v) is 16.1. The van der Waals surface area contributed by atoms with Gasteiger partial charge in [-0.1, -0.05) is 39.3 Å². The molecule has 22 heavy (non-hydrogen) atoms. The molecule has 3 nitrogen and oxygen atoms in total. The van der Waals surface area contributed by atoms with Crippen LogP contribution >= 0.6 is 23.7 Å². The summed E-state index contributed by atoms with van der Waals surface area (Å²) in [6.45, 7) is 13.2. The van der Waals surface area contributed by atoms with E-state index in [2.05, 4.69) is 41.3 Å². The standard InChI is InChI=1S/C17H28ClN3S/c1-13(2)10-21(11-14(3)4)22-20(6)12-19-17-8-7-16(18)9-15(17)5/h7-9,12-14H,10-11H2,1-6H3.